The van der Waals surface area contributed by atoms with Gasteiger partial charge in [0.2, 0.25) is 0 Å². The quantitative estimate of drug-likeness (QED) is 0.848. The molecule has 2 aromatic heterocycles. The van der Waals surface area contributed by atoms with E-state index in [1.807, 2.05) is 6.92 Å². The first-order valence-corrected chi connectivity index (χ1v) is 11.5. The number of hydrogen-bond acceptors (Lipinski definition) is 6. The SMILES string of the molecule is C[C@H]1CCc2c(sc3nc([C@H](C)N[C@@H]4CCS(=O)(=O)C4)[nH]c(=O)c23)C1. The van der Waals surface area contributed by atoms with E-state index < -0.39 is 9.84 Å². The average Bonchev–Trinajstić information content (AvgIpc) is 3.06. The number of hydrogen-bond donors (Lipinski definition) is 2. The first kappa shape index (κ1) is 17.2. The summed E-state index contributed by atoms with van der Waals surface area (Å²) in [7, 11) is -2.93. The summed E-state index contributed by atoms with van der Waals surface area (Å²) < 4.78 is 23.2. The van der Waals surface area contributed by atoms with Crippen LogP contribution in [-0.4, -0.2) is 35.9 Å². The normalized spacial score (nSPS) is 26.6. The van der Waals surface area contributed by atoms with Gasteiger partial charge < -0.3 is 10.3 Å². The second-order valence-electron chi connectivity index (χ2n) is 7.47. The van der Waals surface area contributed by atoms with E-state index in [1.165, 1.54) is 10.4 Å². The van der Waals surface area contributed by atoms with E-state index in [2.05, 4.69) is 17.2 Å². The van der Waals surface area contributed by atoms with Crippen LogP contribution in [0.4, 0.5) is 0 Å². The molecular formula is C17H23N3O3S2. The number of aromatic nitrogens is 2. The lowest BCUT2D eigenvalue weighted by Gasteiger charge is -2.18. The Kier molecular flexibility index (Phi) is 4.24. The summed E-state index contributed by atoms with van der Waals surface area (Å²) in [6.45, 7) is 4.17. The van der Waals surface area contributed by atoms with Crippen LogP contribution in [0.1, 0.15) is 49.0 Å². The number of nitrogens with zero attached hydrogens (tertiary/aromatic N) is 1. The molecule has 0 aromatic carbocycles. The maximum Gasteiger partial charge on any atom is 0.259 e. The summed E-state index contributed by atoms with van der Waals surface area (Å²) in [4.78, 5) is 22.4. The summed E-state index contributed by atoms with van der Waals surface area (Å²) in [6.07, 6.45) is 3.71. The molecule has 0 bridgehead atoms. The molecule has 8 heteroatoms. The molecule has 0 amide bonds. The molecule has 0 unspecified atom stereocenters. The minimum atomic E-state index is -2.93. The minimum Gasteiger partial charge on any atom is -0.309 e. The Bertz CT molecular complexity index is 977. The molecule has 2 aromatic rings. The van der Waals surface area contributed by atoms with Crippen molar-refractivity contribution in [3.8, 4) is 0 Å². The van der Waals surface area contributed by atoms with Crippen LogP contribution in [0.25, 0.3) is 10.2 Å². The fourth-order valence-electron chi connectivity index (χ4n) is 3.93. The fourth-order valence-corrected chi connectivity index (χ4v) is 7.01. The highest BCUT2D eigenvalue weighted by Gasteiger charge is 2.30. The van der Waals surface area contributed by atoms with Crippen molar-refractivity contribution in [1.29, 1.82) is 0 Å². The Balaban J connectivity index is 1.64. The van der Waals surface area contributed by atoms with Gasteiger partial charge >= 0.3 is 0 Å². The summed E-state index contributed by atoms with van der Waals surface area (Å²) in [5.41, 5.74) is 1.11. The smallest absolute Gasteiger partial charge is 0.259 e. The maximum absolute atomic E-state index is 12.6. The largest absolute Gasteiger partial charge is 0.309 e. The molecule has 2 aliphatic rings. The number of rotatable bonds is 3. The highest BCUT2D eigenvalue weighted by Crippen LogP contribution is 2.35. The molecule has 4 rings (SSSR count). The lowest BCUT2D eigenvalue weighted by Crippen LogP contribution is -2.34. The van der Waals surface area contributed by atoms with Gasteiger partial charge in [0.1, 0.15) is 10.7 Å². The van der Waals surface area contributed by atoms with Crippen LogP contribution >= 0.6 is 11.3 Å². The van der Waals surface area contributed by atoms with Gasteiger partial charge in [0.15, 0.2) is 9.84 Å². The number of nitrogens with one attached hydrogen (secondary N) is 2. The summed E-state index contributed by atoms with van der Waals surface area (Å²) >= 11 is 1.64. The molecule has 2 N–H and O–H groups in total. The van der Waals surface area contributed by atoms with E-state index in [0.29, 0.717) is 18.2 Å². The molecule has 136 valence electrons. The predicted molar refractivity (Wildman–Crippen MR) is 100 cm³/mol. The van der Waals surface area contributed by atoms with Gasteiger partial charge in [-0.2, -0.15) is 0 Å². The Hall–Kier alpha value is -1.25. The van der Waals surface area contributed by atoms with E-state index in [0.717, 1.165) is 29.5 Å². The highest BCUT2D eigenvalue weighted by atomic mass is 32.2. The van der Waals surface area contributed by atoms with Gasteiger partial charge in [-0.25, -0.2) is 13.4 Å². The molecule has 0 spiro atoms. The third-order valence-corrected chi connectivity index (χ3v) is 8.23. The van der Waals surface area contributed by atoms with Crippen LogP contribution in [-0.2, 0) is 22.7 Å². The van der Waals surface area contributed by atoms with E-state index in [-0.39, 0.29) is 29.1 Å². The molecule has 3 heterocycles. The maximum atomic E-state index is 12.6. The second kappa shape index (κ2) is 6.17. The molecule has 3 atom stereocenters. The van der Waals surface area contributed by atoms with Gasteiger partial charge in [0.05, 0.1) is 22.9 Å². The Morgan fingerprint density at radius 3 is 2.88 bits per heavy atom. The Morgan fingerprint density at radius 2 is 2.16 bits per heavy atom. The third-order valence-electron chi connectivity index (χ3n) is 5.31. The number of fused-ring (bicyclic) bond motifs is 3. The minimum absolute atomic E-state index is 0.0697. The predicted octanol–water partition coefficient (Wildman–Crippen LogP) is 1.95. The van der Waals surface area contributed by atoms with Crippen LogP contribution < -0.4 is 10.9 Å². The van der Waals surface area contributed by atoms with Crippen LogP contribution in [0, 0.1) is 5.92 Å². The molecule has 0 radical (unpaired) electrons. The lowest BCUT2D eigenvalue weighted by atomic mass is 9.89. The molecule has 1 aliphatic carbocycles. The number of thiophene rings is 1. The van der Waals surface area contributed by atoms with Crippen molar-refractivity contribution in [1.82, 2.24) is 15.3 Å². The molecule has 1 fully saturated rings. The molecule has 0 saturated carbocycles. The van der Waals surface area contributed by atoms with Crippen LogP contribution in [0.15, 0.2) is 4.79 Å². The van der Waals surface area contributed by atoms with Gasteiger partial charge in [-0.05, 0) is 44.1 Å². The molecule has 1 aliphatic heterocycles. The van der Waals surface area contributed by atoms with E-state index in [4.69, 9.17) is 4.98 Å². The Labute approximate surface area is 151 Å². The second-order valence-corrected chi connectivity index (χ2v) is 10.8. The zero-order valence-electron chi connectivity index (χ0n) is 14.5. The van der Waals surface area contributed by atoms with Gasteiger partial charge in [0, 0.05) is 10.9 Å². The molecule has 6 nitrogen and oxygen atoms in total. The van der Waals surface area contributed by atoms with Crippen molar-refractivity contribution in [2.24, 2.45) is 5.92 Å². The topological polar surface area (TPSA) is 91.9 Å². The standard InChI is InChI=1S/C17H23N3O3S2/c1-9-3-4-12-13(7-9)24-17-14(12)16(21)19-15(20-17)10(2)18-11-5-6-25(22,23)8-11/h9-11,18H,3-8H2,1-2H3,(H,19,20,21)/t9-,10-,11+/m0/s1. The van der Waals surface area contributed by atoms with Gasteiger partial charge in [-0.15, -0.1) is 11.3 Å². The number of H-pyrrole nitrogens is 1. The monoisotopic (exact) mass is 381 g/mol. The number of aromatic amines is 1. The molecule has 1 saturated heterocycles. The van der Waals surface area contributed by atoms with Crippen molar-refractivity contribution >= 4 is 31.4 Å². The first-order chi connectivity index (χ1) is 11.8. The van der Waals surface area contributed by atoms with E-state index in [9.17, 15) is 13.2 Å². The van der Waals surface area contributed by atoms with Crippen LogP contribution in [0.3, 0.4) is 0 Å². The zero-order valence-corrected chi connectivity index (χ0v) is 16.1. The first-order valence-electron chi connectivity index (χ1n) is 8.83. The fraction of sp³-hybridized carbons (Fsp3) is 0.647. The van der Waals surface area contributed by atoms with Crippen molar-refractivity contribution in [3.05, 3.63) is 26.6 Å². The van der Waals surface area contributed by atoms with Gasteiger partial charge in [0.25, 0.3) is 5.56 Å². The summed E-state index contributed by atoms with van der Waals surface area (Å²) in [6, 6.07) is -0.258. The van der Waals surface area contributed by atoms with E-state index in [1.54, 1.807) is 11.3 Å². The third kappa shape index (κ3) is 3.27. The average molecular weight is 382 g/mol. The number of sulfone groups is 1. The van der Waals surface area contributed by atoms with Crippen molar-refractivity contribution in [2.45, 2.75) is 51.6 Å². The van der Waals surface area contributed by atoms with Crippen molar-refractivity contribution < 1.29 is 8.42 Å². The van der Waals surface area contributed by atoms with E-state index >= 15 is 0 Å². The van der Waals surface area contributed by atoms with Crippen molar-refractivity contribution in [2.75, 3.05) is 11.5 Å². The van der Waals surface area contributed by atoms with Gasteiger partial charge in [-0.3, -0.25) is 4.79 Å². The zero-order chi connectivity index (χ0) is 17.8. The molecule has 25 heavy (non-hydrogen) atoms. The van der Waals surface area contributed by atoms with Crippen LogP contribution in [0.5, 0.6) is 0 Å². The van der Waals surface area contributed by atoms with Crippen LogP contribution in [0.2, 0.25) is 0 Å². The summed E-state index contributed by atoms with van der Waals surface area (Å²) in [5.74, 6) is 1.64. The highest BCUT2D eigenvalue weighted by molar-refractivity contribution is 7.91. The summed E-state index contributed by atoms with van der Waals surface area (Å²) in [5, 5.41) is 4.06. The Morgan fingerprint density at radius 1 is 1.36 bits per heavy atom. The molecular weight excluding hydrogens is 358 g/mol. The number of aryl methyl sites for hydroxylation is 1. The van der Waals surface area contributed by atoms with Crippen molar-refractivity contribution in [3.63, 3.8) is 0 Å². The lowest BCUT2D eigenvalue weighted by molar-refractivity contribution is 0.469. The van der Waals surface area contributed by atoms with Gasteiger partial charge in [-0.1, -0.05) is 6.92 Å².